The van der Waals surface area contributed by atoms with E-state index in [1.165, 1.54) is 76.5 Å². The van der Waals surface area contributed by atoms with E-state index in [0.717, 1.165) is 55.0 Å². The van der Waals surface area contributed by atoms with Gasteiger partial charge in [-0.3, -0.25) is 0 Å². The second-order valence-corrected chi connectivity index (χ2v) is 15.9. The van der Waals surface area contributed by atoms with E-state index in [9.17, 15) is 0 Å². The molecular weight excluding hydrogens is 729 g/mol. The molecule has 13 aromatic rings. The molecule has 60 heavy (non-hydrogen) atoms. The maximum Gasteiger partial charge on any atom is 0.135 e. The number of fused-ring (bicyclic) bond motifs is 10. The van der Waals surface area contributed by atoms with E-state index in [4.69, 9.17) is 8.83 Å². The van der Waals surface area contributed by atoms with E-state index in [0.29, 0.717) is 0 Å². The molecule has 11 aromatic carbocycles. The SMILES string of the molecule is c1ccc(-c2c3ccccc3c(-c3c4cccc(-c5ccc6oc7ccccc7c6c5)c4cc4c(-c5ccc6oc7ccccc7c6c5)cccc34)c3ccccc23)cc1. The van der Waals surface area contributed by atoms with Crippen molar-refractivity contribution in [2.75, 3.05) is 0 Å². The summed E-state index contributed by atoms with van der Waals surface area (Å²) in [6.07, 6.45) is 0. The summed E-state index contributed by atoms with van der Waals surface area (Å²) in [7, 11) is 0. The normalized spacial score (nSPS) is 12.0. The monoisotopic (exact) mass is 762 g/mol. The molecule has 0 amide bonds. The summed E-state index contributed by atoms with van der Waals surface area (Å²) in [5.41, 5.74) is 13.2. The largest absolute Gasteiger partial charge is 0.456 e. The molecule has 0 saturated carbocycles. The standard InChI is InChI=1S/C58H34O2/c1-2-14-35(15-3-1)56-42-18-4-6-20-44(42)57(45-21-7-5-19-43(45)56)58-46-24-12-22-38(36-28-30-54-50(32-36)40-16-8-10-26-52(40)59-54)48(46)34-49-39(23-13-25-47(49)58)37-29-31-55-51(33-37)41-17-9-11-27-53(41)60-55/h1-34H. The lowest BCUT2D eigenvalue weighted by atomic mass is 9.81. The van der Waals surface area contributed by atoms with Crippen LogP contribution in [0.1, 0.15) is 0 Å². The van der Waals surface area contributed by atoms with Gasteiger partial charge in [-0.1, -0.05) is 164 Å². The predicted octanol–water partition coefficient (Wildman–Crippen LogP) is 16.8. The second kappa shape index (κ2) is 12.8. The summed E-state index contributed by atoms with van der Waals surface area (Å²) in [4.78, 5) is 0. The van der Waals surface area contributed by atoms with Crippen molar-refractivity contribution in [3.8, 4) is 44.5 Å². The van der Waals surface area contributed by atoms with Gasteiger partial charge >= 0.3 is 0 Å². The van der Waals surface area contributed by atoms with Crippen molar-refractivity contribution in [3.05, 3.63) is 206 Å². The van der Waals surface area contributed by atoms with Crippen molar-refractivity contribution in [2.24, 2.45) is 0 Å². The van der Waals surface area contributed by atoms with Crippen LogP contribution in [-0.2, 0) is 0 Å². The lowest BCUT2D eigenvalue weighted by Crippen LogP contribution is -1.94. The fourth-order valence-electron chi connectivity index (χ4n) is 10.0. The molecule has 0 radical (unpaired) electrons. The van der Waals surface area contributed by atoms with Gasteiger partial charge in [0, 0.05) is 21.5 Å². The molecule has 0 saturated heterocycles. The number of rotatable bonds is 4. The molecule has 0 atom stereocenters. The van der Waals surface area contributed by atoms with Crippen molar-refractivity contribution >= 4 is 87.0 Å². The topological polar surface area (TPSA) is 26.3 Å². The van der Waals surface area contributed by atoms with Crippen LogP contribution in [0.4, 0.5) is 0 Å². The first-order valence-corrected chi connectivity index (χ1v) is 20.6. The Labute approximate surface area is 345 Å². The second-order valence-electron chi connectivity index (χ2n) is 15.9. The van der Waals surface area contributed by atoms with Crippen LogP contribution in [0.15, 0.2) is 215 Å². The van der Waals surface area contributed by atoms with Crippen molar-refractivity contribution in [3.63, 3.8) is 0 Å². The first-order chi connectivity index (χ1) is 29.8. The van der Waals surface area contributed by atoms with Crippen molar-refractivity contribution in [1.82, 2.24) is 0 Å². The minimum atomic E-state index is 0.896. The fourth-order valence-corrected chi connectivity index (χ4v) is 10.0. The summed E-state index contributed by atoms with van der Waals surface area (Å²) < 4.78 is 12.6. The van der Waals surface area contributed by atoms with E-state index in [-0.39, 0.29) is 0 Å². The van der Waals surface area contributed by atoms with Gasteiger partial charge < -0.3 is 8.83 Å². The van der Waals surface area contributed by atoms with Crippen LogP contribution in [-0.4, -0.2) is 0 Å². The van der Waals surface area contributed by atoms with E-state index in [1.807, 2.05) is 24.3 Å². The third-order valence-corrected chi connectivity index (χ3v) is 12.7. The van der Waals surface area contributed by atoms with Crippen LogP contribution < -0.4 is 0 Å². The quantitative estimate of drug-likeness (QED) is 0.167. The molecular formula is C58H34O2. The molecule has 0 N–H and O–H groups in total. The zero-order valence-electron chi connectivity index (χ0n) is 32.4. The first-order valence-electron chi connectivity index (χ1n) is 20.6. The van der Waals surface area contributed by atoms with Crippen LogP contribution in [0.25, 0.3) is 131 Å². The Hall–Kier alpha value is -7.94. The molecule has 0 aliphatic rings. The highest BCUT2D eigenvalue weighted by atomic mass is 16.3. The Morgan fingerprint density at radius 3 is 1.05 bits per heavy atom. The van der Waals surface area contributed by atoms with Crippen LogP contribution in [0, 0.1) is 0 Å². The number of benzene rings is 11. The number of furan rings is 2. The first kappa shape index (κ1) is 33.1. The summed E-state index contributed by atoms with van der Waals surface area (Å²) >= 11 is 0. The Morgan fingerprint density at radius 1 is 0.200 bits per heavy atom. The van der Waals surface area contributed by atoms with Gasteiger partial charge in [0.25, 0.3) is 0 Å². The summed E-state index contributed by atoms with van der Waals surface area (Å²) in [6, 6.07) is 74.9. The molecule has 0 aliphatic carbocycles. The third kappa shape index (κ3) is 4.82. The Balaban J connectivity index is 1.18. The minimum absolute atomic E-state index is 0.896. The minimum Gasteiger partial charge on any atom is -0.456 e. The van der Waals surface area contributed by atoms with Gasteiger partial charge in [-0.15, -0.1) is 0 Å². The molecule has 2 heterocycles. The van der Waals surface area contributed by atoms with Gasteiger partial charge in [0.15, 0.2) is 0 Å². The van der Waals surface area contributed by atoms with Crippen LogP contribution in [0.2, 0.25) is 0 Å². The third-order valence-electron chi connectivity index (χ3n) is 12.7. The van der Waals surface area contributed by atoms with Gasteiger partial charge in [-0.2, -0.15) is 0 Å². The summed E-state index contributed by atoms with van der Waals surface area (Å²) in [5, 5.41) is 14.3. The number of hydrogen-bond donors (Lipinski definition) is 0. The van der Waals surface area contributed by atoms with Crippen molar-refractivity contribution < 1.29 is 8.83 Å². The lowest BCUT2D eigenvalue weighted by molar-refractivity contribution is 0.668. The average Bonchev–Trinajstić information content (AvgIpc) is 3.88. The molecule has 278 valence electrons. The molecule has 2 aromatic heterocycles. The van der Waals surface area contributed by atoms with Gasteiger partial charge in [-0.25, -0.2) is 0 Å². The van der Waals surface area contributed by atoms with E-state index in [1.54, 1.807) is 0 Å². The average molecular weight is 763 g/mol. The van der Waals surface area contributed by atoms with Gasteiger partial charge in [0.2, 0.25) is 0 Å². The van der Waals surface area contributed by atoms with E-state index < -0.39 is 0 Å². The lowest BCUT2D eigenvalue weighted by Gasteiger charge is -2.22. The smallest absolute Gasteiger partial charge is 0.135 e. The van der Waals surface area contributed by atoms with Gasteiger partial charge in [0.05, 0.1) is 0 Å². The van der Waals surface area contributed by atoms with Crippen LogP contribution in [0.3, 0.4) is 0 Å². The van der Waals surface area contributed by atoms with E-state index in [2.05, 4.69) is 182 Å². The van der Waals surface area contributed by atoms with Crippen LogP contribution >= 0.6 is 0 Å². The summed E-state index contributed by atoms with van der Waals surface area (Å²) in [6.45, 7) is 0. The van der Waals surface area contributed by atoms with Gasteiger partial charge in [0.1, 0.15) is 22.3 Å². The Morgan fingerprint density at radius 2 is 0.567 bits per heavy atom. The van der Waals surface area contributed by atoms with Crippen molar-refractivity contribution in [1.29, 1.82) is 0 Å². The molecule has 0 aliphatic heterocycles. The number of para-hydroxylation sites is 2. The highest BCUT2D eigenvalue weighted by molar-refractivity contribution is 6.29. The highest BCUT2D eigenvalue weighted by Gasteiger charge is 2.22. The predicted molar refractivity (Wildman–Crippen MR) is 253 cm³/mol. The molecule has 2 heteroatoms. The maximum absolute atomic E-state index is 6.30. The van der Waals surface area contributed by atoms with Crippen molar-refractivity contribution in [2.45, 2.75) is 0 Å². The molecule has 13 rings (SSSR count). The Kier molecular flexibility index (Phi) is 7.05. The molecule has 0 unspecified atom stereocenters. The fraction of sp³-hybridized carbons (Fsp3) is 0. The Bertz CT molecular complexity index is 3650. The number of hydrogen-bond acceptors (Lipinski definition) is 2. The molecule has 0 spiro atoms. The van der Waals surface area contributed by atoms with Gasteiger partial charge in [-0.05, 0) is 130 Å². The molecule has 0 fully saturated rings. The highest BCUT2D eigenvalue weighted by Crippen LogP contribution is 2.50. The maximum atomic E-state index is 6.30. The van der Waals surface area contributed by atoms with Crippen LogP contribution in [0.5, 0.6) is 0 Å². The molecule has 2 nitrogen and oxygen atoms in total. The zero-order valence-corrected chi connectivity index (χ0v) is 32.4. The summed E-state index contributed by atoms with van der Waals surface area (Å²) in [5.74, 6) is 0. The van der Waals surface area contributed by atoms with E-state index >= 15 is 0 Å². The zero-order chi connectivity index (χ0) is 39.3. The molecule has 0 bridgehead atoms.